The van der Waals surface area contributed by atoms with Gasteiger partial charge in [-0.25, -0.2) is 4.98 Å². The lowest BCUT2D eigenvalue weighted by Crippen LogP contribution is -2.12. The molecular formula is C13H14BrN3OS. The molecule has 19 heavy (non-hydrogen) atoms. The molecule has 4 nitrogen and oxygen atoms in total. The van der Waals surface area contributed by atoms with Crippen LogP contribution in [0.3, 0.4) is 0 Å². The first-order valence-corrected chi connectivity index (χ1v) is 7.49. The molecule has 0 saturated carbocycles. The summed E-state index contributed by atoms with van der Waals surface area (Å²) in [6.45, 7) is 2.54. The van der Waals surface area contributed by atoms with Crippen molar-refractivity contribution in [3.8, 4) is 0 Å². The second-order valence-electron chi connectivity index (χ2n) is 4.08. The Labute approximate surface area is 124 Å². The van der Waals surface area contributed by atoms with Crippen LogP contribution in [0.1, 0.15) is 21.1 Å². The number of benzene rings is 1. The highest BCUT2D eigenvalue weighted by Crippen LogP contribution is 2.21. The Kier molecular flexibility index (Phi) is 4.68. The molecule has 100 valence electrons. The van der Waals surface area contributed by atoms with E-state index in [4.69, 9.17) is 5.73 Å². The zero-order valence-electron chi connectivity index (χ0n) is 10.4. The van der Waals surface area contributed by atoms with Gasteiger partial charge >= 0.3 is 0 Å². The summed E-state index contributed by atoms with van der Waals surface area (Å²) >= 11 is 4.90. The fourth-order valence-corrected chi connectivity index (χ4v) is 2.69. The number of rotatable bonds is 4. The van der Waals surface area contributed by atoms with Crippen LogP contribution in [0.25, 0.3) is 0 Å². The third-order valence-electron chi connectivity index (χ3n) is 2.57. The van der Waals surface area contributed by atoms with Gasteiger partial charge in [-0.15, -0.1) is 11.3 Å². The molecule has 0 atom stereocenters. The molecule has 3 N–H and O–H groups in total. The number of aromatic nitrogens is 1. The molecule has 0 aliphatic carbocycles. The summed E-state index contributed by atoms with van der Waals surface area (Å²) < 4.78 is 0.965. The van der Waals surface area contributed by atoms with Crippen molar-refractivity contribution in [3.63, 3.8) is 0 Å². The van der Waals surface area contributed by atoms with E-state index in [1.54, 1.807) is 5.38 Å². The van der Waals surface area contributed by atoms with Gasteiger partial charge in [0.15, 0.2) is 0 Å². The smallest absolute Gasteiger partial charge is 0.275 e. The maximum Gasteiger partial charge on any atom is 0.275 e. The molecule has 1 heterocycles. The van der Waals surface area contributed by atoms with Crippen LogP contribution in [-0.2, 0) is 6.42 Å². The van der Waals surface area contributed by atoms with Gasteiger partial charge in [-0.2, -0.15) is 0 Å². The summed E-state index contributed by atoms with van der Waals surface area (Å²) in [4.78, 5) is 16.3. The number of amides is 1. The first-order valence-electron chi connectivity index (χ1n) is 5.82. The average molecular weight is 340 g/mol. The molecule has 0 spiro atoms. The van der Waals surface area contributed by atoms with Crippen LogP contribution >= 0.6 is 27.3 Å². The van der Waals surface area contributed by atoms with Gasteiger partial charge in [-0.05, 0) is 31.2 Å². The zero-order chi connectivity index (χ0) is 13.8. The lowest BCUT2D eigenvalue weighted by atomic mass is 10.2. The number of halogens is 1. The Hall–Kier alpha value is -1.24. The van der Waals surface area contributed by atoms with Crippen molar-refractivity contribution in [1.29, 1.82) is 0 Å². The van der Waals surface area contributed by atoms with Crippen LogP contribution < -0.4 is 11.1 Å². The van der Waals surface area contributed by atoms with Crippen LogP contribution in [0.2, 0.25) is 0 Å². The first-order chi connectivity index (χ1) is 9.10. The Balaban J connectivity index is 2.09. The zero-order valence-corrected chi connectivity index (χ0v) is 12.8. The van der Waals surface area contributed by atoms with E-state index in [1.807, 2.05) is 25.1 Å². The van der Waals surface area contributed by atoms with Crippen molar-refractivity contribution in [3.05, 3.63) is 44.3 Å². The van der Waals surface area contributed by atoms with E-state index in [0.717, 1.165) is 20.7 Å². The molecule has 0 fully saturated rings. The molecule has 1 aromatic carbocycles. The van der Waals surface area contributed by atoms with Crippen molar-refractivity contribution in [2.75, 3.05) is 11.9 Å². The molecule has 0 unspecified atom stereocenters. The number of carbonyl (C=O) groups is 1. The summed E-state index contributed by atoms with van der Waals surface area (Å²) in [6.07, 6.45) is 0.702. The molecular weight excluding hydrogens is 326 g/mol. The van der Waals surface area contributed by atoms with Crippen LogP contribution in [-0.4, -0.2) is 17.4 Å². The van der Waals surface area contributed by atoms with Gasteiger partial charge in [0, 0.05) is 22.0 Å². The average Bonchev–Trinajstić information content (AvgIpc) is 2.83. The molecule has 2 rings (SSSR count). The Morgan fingerprint density at radius 3 is 3.00 bits per heavy atom. The van der Waals surface area contributed by atoms with Gasteiger partial charge in [0.25, 0.3) is 5.91 Å². The molecule has 2 aromatic rings. The first kappa shape index (κ1) is 14.2. The van der Waals surface area contributed by atoms with E-state index in [-0.39, 0.29) is 5.91 Å². The number of anilines is 1. The fourth-order valence-electron chi connectivity index (χ4n) is 1.52. The van der Waals surface area contributed by atoms with Crippen molar-refractivity contribution in [2.24, 2.45) is 5.73 Å². The third-order valence-corrected chi connectivity index (χ3v) is 4.34. The van der Waals surface area contributed by atoms with E-state index < -0.39 is 0 Å². The summed E-state index contributed by atoms with van der Waals surface area (Å²) in [5, 5.41) is 5.47. The maximum atomic E-state index is 12.0. The molecule has 0 bridgehead atoms. The monoisotopic (exact) mass is 339 g/mol. The number of hydrogen-bond acceptors (Lipinski definition) is 4. The summed E-state index contributed by atoms with van der Waals surface area (Å²) in [5.41, 5.74) is 7.76. The highest BCUT2D eigenvalue weighted by molar-refractivity contribution is 9.10. The topological polar surface area (TPSA) is 68.0 Å². The predicted octanol–water partition coefficient (Wildman–Crippen LogP) is 2.97. The number of aryl methyl sites for hydroxylation is 1. The molecule has 0 aliphatic heterocycles. The van der Waals surface area contributed by atoms with Crippen LogP contribution in [0, 0.1) is 6.92 Å². The van der Waals surface area contributed by atoms with E-state index in [2.05, 4.69) is 26.2 Å². The molecule has 1 aromatic heterocycles. The standard InChI is InChI=1S/C13H14BrN3OS/c1-8-2-3-9(6-10(8)14)16-13(18)11-7-19-12(17-11)4-5-15/h2-3,6-7H,4-5,15H2,1H3,(H,16,18). The Morgan fingerprint density at radius 2 is 2.32 bits per heavy atom. The molecule has 0 radical (unpaired) electrons. The lowest BCUT2D eigenvalue weighted by Gasteiger charge is -2.05. The van der Waals surface area contributed by atoms with Gasteiger partial charge in [0.2, 0.25) is 0 Å². The van der Waals surface area contributed by atoms with Gasteiger partial charge in [-0.3, -0.25) is 4.79 Å². The van der Waals surface area contributed by atoms with Crippen LogP contribution in [0.15, 0.2) is 28.1 Å². The van der Waals surface area contributed by atoms with Gasteiger partial charge in [-0.1, -0.05) is 22.0 Å². The lowest BCUT2D eigenvalue weighted by molar-refractivity contribution is 0.102. The number of hydrogen-bond donors (Lipinski definition) is 2. The third kappa shape index (κ3) is 3.62. The number of nitrogens with one attached hydrogen (secondary N) is 1. The quantitative estimate of drug-likeness (QED) is 0.899. The number of thiazole rings is 1. The van der Waals surface area contributed by atoms with Gasteiger partial charge in [0.05, 0.1) is 5.01 Å². The van der Waals surface area contributed by atoms with Gasteiger partial charge < -0.3 is 11.1 Å². The van der Waals surface area contributed by atoms with E-state index in [1.165, 1.54) is 11.3 Å². The molecule has 1 amide bonds. The van der Waals surface area contributed by atoms with Gasteiger partial charge in [0.1, 0.15) is 5.69 Å². The summed E-state index contributed by atoms with van der Waals surface area (Å²) in [5.74, 6) is -0.199. The van der Waals surface area contributed by atoms with Crippen molar-refractivity contribution >= 4 is 38.9 Å². The molecule has 0 aliphatic rings. The highest BCUT2D eigenvalue weighted by atomic mass is 79.9. The largest absolute Gasteiger partial charge is 0.330 e. The van der Waals surface area contributed by atoms with E-state index >= 15 is 0 Å². The normalized spacial score (nSPS) is 10.5. The van der Waals surface area contributed by atoms with Crippen molar-refractivity contribution in [2.45, 2.75) is 13.3 Å². The highest BCUT2D eigenvalue weighted by Gasteiger charge is 2.11. The van der Waals surface area contributed by atoms with Crippen molar-refractivity contribution < 1.29 is 4.79 Å². The fraction of sp³-hybridized carbons (Fsp3) is 0.231. The minimum Gasteiger partial charge on any atom is -0.330 e. The van der Waals surface area contributed by atoms with E-state index in [0.29, 0.717) is 18.7 Å². The number of nitrogens with zero attached hydrogens (tertiary/aromatic N) is 1. The Morgan fingerprint density at radius 1 is 1.53 bits per heavy atom. The number of nitrogens with two attached hydrogens (primary N) is 1. The second kappa shape index (κ2) is 6.27. The molecule has 0 saturated heterocycles. The minimum atomic E-state index is -0.199. The van der Waals surface area contributed by atoms with Crippen molar-refractivity contribution in [1.82, 2.24) is 4.98 Å². The number of carbonyl (C=O) groups excluding carboxylic acids is 1. The predicted molar refractivity (Wildman–Crippen MR) is 81.7 cm³/mol. The second-order valence-corrected chi connectivity index (χ2v) is 5.88. The Bertz CT molecular complexity index is 597. The van der Waals surface area contributed by atoms with Crippen LogP contribution in [0.4, 0.5) is 5.69 Å². The van der Waals surface area contributed by atoms with E-state index in [9.17, 15) is 4.79 Å². The maximum absolute atomic E-state index is 12.0. The SMILES string of the molecule is Cc1ccc(NC(=O)c2csc(CCN)n2)cc1Br. The van der Waals surface area contributed by atoms with Crippen LogP contribution in [0.5, 0.6) is 0 Å². The molecule has 6 heteroatoms. The summed E-state index contributed by atoms with van der Waals surface area (Å²) in [7, 11) is 0. The minimum absolute atomic E-state index is 0.199. The summed E-state index contributed by atoms with van der Waals surface area (Å²) in [6, 6.07) is 5.69.